The van der Waals surface area contributed by atoms with Crippen LogP contribution in [0.5, 0.6) is 0 Å². The van der Waals surface area contributed by atoms with Crippen molar-refractivity contribution in [3.8, 4) is 11.4 Å². The second-order valence-electron chi connectivity index (χ2n) is 5.08. The van der Waals surface area contributed by atoms with Crippen LogP contribution in [-0.4, -0.2) is 19.6 Å². The van der Waals surface area contributed by atoms with Crippen molar-refractivity contribution in [1.82, 2.24) is 19.6 Å². The van der Waals surface area contributed by atoms with E-state index in [0.29, 0.717) is 0 Å². The maximum Gasteiger partial charge on any atom is 0.111 e. The zero-order valence-corrected chi connectivity index (χ0v) is 12.8. The Hall–Kier alpha value is -3.54. The van der Waals surface area contributed by atoms with Gasteiger partial charge in [-0.05, 0) is 36.4 Å². The van der Waals surface area contributed by atoms with E-state index in [0.717, 1.165) is 22.7 Å². The molecule has 0 aliphatic rings. The van der Waals surface area contributed by atoms with Crippen LogP contribution >= 0.6 is 0 Å². The number of azo groups is 1. The van der Waals surface area contributed by atoms with E-state index in [1.54, 1.807) is 21.8 Å². The van der Waals surface area contributed by atoms with Crippen molar-refractivity contribution in [2.75, 3.05) is 0 Å². The molecule has 0 N–H and O–H groups in total. The van der Waals surface area contributed by atoms with E-state index in [9.17, 15) is 0 Å². The second-order valence-corrected chi connectivity index (χ2v) is 5.08. The molecule has 0 unspecified atom stereocenters. The van der Waals surface area contributed by atoms with E-state index in [4.69, 9.17) is 0 Å². The van der Waals surface area contributed by atoms with Gasteiger partial charge in [-0.3, -0.25) is 0 Å². The molecular formula is C18H14N6. The fourth-order valence-electron chi connectivity index (χ4n) is 2.42. The molecule has 0 aliphatic carbocycles. The topological polar surface area (TPSA) is 60.4 Å². The zero-order valence-electron chi connectivity index (χ0n) is 12.8. The molecule has 0 aliphatic heterocycles. The third-order valence-corrected chi connectivity index (χ3v) is 3.53. The lowest BCUT2D eigenvalue weighted by Gasteiger charge is -2.06. The fraction of sp³-hybridized carbons (Fsp3) is 0. The summed E-state index contributed by atoms with van der Waals surface area (Å²) in [4.78, 5) is 0. The molecule has 0 saturated carbocycles. The maximum absolute atomic E-state index is 4.43. The van der Waals surface area contributed by atoms with Crippen molar-refractivity contribution in [3.05, 3.63) is 85.5 Å². The van der Waals surface area contributed by atoms with E-state index < -0.39 is 0 Å². The van der Waals surface area contributed by atoms with Crippen LogP contribution in [-0.2, 0) is 0 Å². The van der Waals surface area contributed by atoms with Crippen LogP contribution in [0.4, 0.5) is 11.4 Å². The summed E-state index contributed by atoms with van der Waals surface area (Å²) < 4.78 is 3.54. The van der Waals surface area contributed by atoms with Crippen LogP contribution in [0, 0.1) is 0 Å². The van der Waals surface area contributed by atoms with Gasteiger partial charge in [0.2, 0.25) is 0 Å². The minimum Gasteiger partial charge on any atom is -0.239 e. The summed E-state index contributed by atoms with van der Waals surface area (Å²) in [5, 5.41) is 17.4. The second kappa shape index (κ2) is 6.29. The molecule has 2 aromatic heterocycles. The van der Waals surface area contributed by atoms with Gasteiger partial charge in [0.25, 0.3) is 0 Å². The number of para-hydroxylation sites is 2. The molecule has 0 spiro atoms. The Kier molecular flexibility index (Phi) is 3.69. The lowest BCUT2D eigenvalue weighted by Crippen LogP contribution is -1.94. The highest BCUT2D eigenvalue weighted by Crippen LogP contribution is 2.27. The Morgan fingerprint density at radius 3 is 1.46 bits per heavy atom. The molecule has 0 fully saturated rings. The summed E-state index contributed by atoms with van der Waals surface area (Å²) in [7, 11) is 0. The molecule has 0 amide bonds. The molecule has 4 aromatic rings. The summed E-state index contributed by atoms with van der Waals surface area (Å²) in [6.45, 7) is 0. The average Bonchev–Trinajstić information content (AvgIpc) is 3.34. The minimum atomic E-state index is 0.747. The SMILES string of the molecule is c1ccc(-n2cccn2)c(N=Nc2ccccc2-n2cccn2)c1. The summed E-state index contributed by atoms with van der Waals surface area (Å²) >= 11 is 0. The molecule has 2 aromatic carbocycles. The molecule has 116 valence electrons. The third kappa shape index (κ3) is 2.72. The Balaban J connectivity index is 1.73. The number of nitrogens with zero attached hydrogens (tertiary/aromatic N) is 6. The van der Waals surface area contributed by atoms with Crippen LogP contribution in [0.25, 0.3) is 11.4 Å². The number of benzene rings is 2. The average molecular weight is 314 g/mol. The Labute approximate surface area is 138 Å². The molecule has 0 saturated heterocycles. The van der Waals surface area contributed by atoms with Gasteiger partial charge in [0.15, 0.2) is 0 Å². The van der Waals surface area contributed by atoms with Crippen LogP contribution in [0.15, 0.2) is 95.7 Å². The largest absolute Gasteiger partial charge is 0.239 e. The smallest absolute Gasteiger partial charge is 0.111 e. The summed E-state index contributed by atoms with van der Waals surface area (Å²) in [6.07, 6.45) is 7.24. The van der Waals surface area contributed by atoms with Gasteiger partial charge >= 0.3 is 0 Å². The van der Waals surface area contributed by atoms with Gasteiger partial charge in [-0.15, -0.1) is 10.2 Å². The van der Waals surface area contributed by atoms with Crippen LogP contribution in [0.2, 0.25) is 0 Å². The van der Waals surface area contributed by atoms with Crippen molar-refractivity contribution in [1.29, 1.82) is 0 Å². The highest BCUT2D eigenvalue weighted by Gasteiger charge is 2.05. The summed E-state index contributed by atoms with van der Waals surface area (Å²) in [5.74, 6) is 0. The van der Waals surface area contributed by atoms with Gasteiger partial charge in [-0.2, -0.15) is 10.2 Å². The van der Waals surface area contributed by atoms with Gasteiger partial charge in [-0.25, -0.2) is 9.36 Å². The highest BCUT2D eigenvalue weighted by molar-refractivity contribution is 5.59. The first-order chi connectivity index (χ1) is 11.9. The van der Waals surface area contributed by atoms with Crippen LogP contribution in [0.1, 0.15) is 0 Å². The maximum atomic E-state index is 4.43. The van der Waals surface area contributed by atoms with Gasteiger partial charge in [0, 0.05) is 24.8 Å². The van der Waals surface area contributed by atoms with Crippen molar-refractivity contribution in [3.63, 3.8) is 0 Å². The van der Waals surface area contributed by atoms with Crippen LogP contribution < -0.4 is 0 Å². The van der Waals surface area contributed by atoms with Crippen molar-refractivity contribution in [2.24, 2.45) is 10.2 Å². The Morgan fingerprint density at radius 1 is 0.583 bits per heavy atom. The van der Waals surface area contributed by atoms with Crippen LogP contribution in [0.3, 0.4) is 0 Å². The lowest BCUT2D eigenvalue weighted by molar-refractivity contribution is 0.873. The molecule has 0 radical (unpaired) electrons. The first kappa shape index (κ1) is 14.1. The molecule has 2 heterocycles. The van der Waals surface area contributed by atoms with E-state index in [-0.39, 0.29) is 0 Å². The molecule has 0 bridgehead atoms. The first-order valence-electron chi connectivity index (χ1n) is 7.52. The molecule has 6 nitrogen and oxygen atoms in total. The standard InChI is InChI=1S/C18H14N6/c1-3-9-17(23-13-5-11-19-23)15(7-1)21-22-16-8-2-4-10-18(16)24-14-6-12-20-24/h1-14H. The van der Waals surface area contributed by atoms with Gasteiger partial charge < -0.3 is 0 Å². The minimum absolute atomic E-state index is 0.747. The monoisotopic (exact) mass is 314 g/mol. The molecule has 0 atom stereocenters. The van der Waals surface area contributed by atoms with E-state index in [1.807, 2.05) is 73.1 Å². The highest BCUT2D eigenvalue weighted by atomic mass is 15.3. The molecular weight excluding hydrogens is 300 g/mol. The third-order valence-electron chi connectivity index (χ3n) is 3.53. The van der Waals surface area contributed by atoms with Gasteiger partial charge in [0.05, 0.1) is 11.4 Å². The van der Waals surface area contributed by atoms with Crippen molar-refractivity contribution in [2.45, 2.75) is 0 Å². The van der Waals surface area contributed by atoms with Crippen molar-refractivity contribution >= 4 is 11.4 Å². The van der Waals surface area contributed by atoms with Gasteiger partial charge in [0.1, 0.15) is 11.4 Å². The fourth-order valence-corrected chi connectivity index (χ4v) is 2.42. The zero-order chi connectivity index (χ0) is 16.2. The summed E-state index contributed by atoms with van der Waals surface area (Å²) in [5.41, 5.74) is 3.25. The normalized spacial score (nSPS) is 11.2. The molecule has 4 rings (SSSR count). The predicted molar refractivity (Wildman–Crippen MR) is 91.3 cm³/mol. The summed E-state index contributed by atoms with van der Waals surface area (Å²) in [6, 6.07) is 19.3. The number of rotatable bonds is 4. The Bertz CT molecular complexity index is 875. The van der Waals surface area contributed by atoms with E-state index >= 15 is 0 Å². The molecule has 24 heavy (non-hydrogen) atoms. The van der Waals surface area contributed by atoms with E-state index in [2.05, 4.69) is 20.4 Å². The number of hydrogen-bond acceptors (Lipinski definition) is 4. The molecule has 6 heteroatoms. The predicted octanol–water partition coefficient (Wildman–Crippen LogP) is 4.47. The van der Waals surface area contributed by atoms with Crippen molar-refractivity contribution < 1.29 is 0 Å². The number of hydrogen-bond donors (Lipinski definition) is 0. The quantitative estimate of drug-likeness (QED) is 0.522. The number of aromatic nitrogens is 4. The van der Waals surface area contributed by atoms with Gasteiger partial charge in [-0.1, -0.05) is 24.3 Å². The van der Waals surface area contributed by atoms with E-state index in [1.165, 1.54) is 0 Å². The first-order valence-corrected chi connectivity index (χ1v) is 7.52. The lowest BCUT2D eigenvalue weighted by atomic mass is 10.2. The Morgan fingerprint density at radius 2 is 1.04 bits per heavy atom.